The van der Waals surface area contributed by atoms with Gasteiger partial charge in [0.15, 0.2) is 0 Å². The van der Waals surface area contributed by atoms with E-state index < -0.39 is 18.4 Å². The zero-order valence-electron chi connectivity index (χ0n) is 18.4. The summed E-state index contributed by atoms with van der Waals surface area (Å²) in [6.45, 7) is 3.99. The van der Waals surface area contributed by atoms with Crippen molar-refractivity contribution >= 4 is 11.8 Å². The molecule has 0 bridgehead atoms. The first-order valence-corrected chi connectivity index (χ1v) is 12.3. The van der Waals surface area contributed by atoms with E-state index >= 15 is 0 Å². The molecule has 0 aromatic rings. The average Bonchev–Trinajstić information content (AvgIpc) is 3.46. The number of piperazine rings is 1. The molecule has 174 valence electrons. The molecular weight excluding hydrogens is 402 g/mol. The molecule has 0 spiro atoms. The molecule has 5 fully saturated rings. The molecular formula is C23H36F2N4O2. The lowest BCUT2D eigenvalue weighted by Gasteiger charge is -2.43. The summed E-state index contributed by atoms with van der Waals surface area (Å²) in [5, 5.41) is 6.43. The molecule has 3 aliphatic carbocycles. The molecule has 5 aliphatic rings. The highest BCUT2D eigenvalue weighted by Crippen LogP contribution is 2.39. The highest BCUT2D eigenvalue weighted by Gasteiger charge is 2.47. The van der Waals surface area contributed by atoms with Gasteiger partial charge in [0.25, 0.3) is 0 Å². The summed E-state index contributed by atoms with van der Waals surface area (Å²) in [6.07, 6.45) is 3.77. The molecule has 5 rings (SSSR count). The minimum Gasteiger partial charge on any atom is -0.352 e. The number of carbonyl (C=O) groups excluding carboxylic acids is 2. The lowest BCUT2D eigenvalue weighted by atomic mass is 9.77. The number of hydrogen-bond donors (Lipinski definition) is 2. The van der Waals surface area contributed by atoms with Crippen molar-refractivity contribution in [1.82, 2.24) is 20.4 Å². The average molecular weight is 439 g/mol. The smallest absolute Gasteiger partial charge is 0.237 e. The van der Waals surface area contributed by atoms with Crippen molar-refractivity contribution in [2.24, 2.45) is 11.8 Å². The third-order valence-electron chi connectivity index (χ3n) is 8.42. The van der Waals surface area contributed by atoms with Gasteiger partial charge in [-0.3, -0.25) is 14.5 Å². The van der Waals surface area contributed by atoms with Crippen LogP contribution >= 0.6 is 0 Å². The Balaban J connectivity index is 1.16. The molecule has 8 heteroatoms. The Labute approximate surface area is 183 Å². The monoisotopic (exact) mass is 438 g/mol. The normalized spacial score (nSPS) is 44.2. The Bertz CT molecular complexity index is 687. The number of rotatable bonds is 4. The molecule has 2 aliphatic heterocycles. The second-order valence-electron chi connectivity index (χ2n) is 10.7. The molecule has 0 radical (unpaired) electrons. The van der Waals surface area contributed by atoms with E-state index in [0.717, 1.165) is 32.4 Å². The molecule has 2 saturated heterocycles. The van der Waals surface area contributed by atoms with Crippen molar-refractivity contribution in [2.45, 2.75) is 101 Å². The summed E-state index contributed by atoms with van der Waals surface area (Å²) >= 11 is 0. The van der Waals surface area contributed by atoms with Crippen LogP contribution in [0.15, 0.2) is 0 Å². The Hall–Kier alpha value is -1.28. The first kappa shape index (κ1) is 21.6. The predicted octanol–water partition coefficient (Wildman–Crippen LogP) is 1.78. The maximum Gasteiger partial charge on any atom is 0.237 e. The van der Waals surface area contributed by atoms with Gasteiger partial charge in [-0.15, -0.1) is 0 Å². The van der Waals surface area contributed by atoms with Crippen LogP contribution in [0.1, 0.15) is 58.3 Å². The highest BCUT2D eigenvalue weighted by molar-refractivity contribution is 5.82. The van der Waals surface area contributed by atoms with Crippen molar-refractivity contribution < 1.29 is 18.4 Å². The van der Waals surface area contributed by atoms with Crippen LogP contribution in [0.2, 0.25) is 0 Å². The van der Waals surface area contributed by atoms with Crippen LogP contribution in [0.25, 0.3) is 0 Å². The van der Waals surface area contributed by atoms with Crippen molar-refractivity contribution in [3.8, 4) is 0 Å². The fourth-order valence-electron chi connectivity index (χ4n) is 6.53. The van der Waals surface area contributed by atoms with Crippen LogP contribution in [0.5, 0.6) is 0 Å². The summed E-state index contributed by atoms with van der Waals surface area (Å²) in [5.74, 6) is 0.307. The minimum atomic E-state index is -0.977. The summed E-state index contributed by atoms with van der Waals surface area (Å²) < 4.78 is 29.0. The summed E-state index contributed by atoms with van der Waals surface area (Å²) in [4.78, 5) is 29.5. The molecule has 3 saturated carbocycles. The van der Waals surface area contributed by atoms with Gasteiger partial charge >= 0.3 is 0 Å². The standard InChI is InChI=1S/C23H36F2N4O2/c1-13-2-5-19(25)18-11-20(27-22(13)18)23(31)26-15-8-14(24)9-17(10-15)28-6-7-29(16-3-4-16)21(30)12-28/h13-20,22,27H,2-12H2,1H3,(H,26,31). The fraction of sp³-hybridized carbons (Fsp3) is 0.913. The zero-order valence-corrected chi connectivity index (χ0v) is 18.4. The molecule has 2 N–H and O–H groups in total. The number of halogens is 2. The molecule has 8 unspecified atom stereocenters. The molecule has 0 aromatic carbocycles. The van der Waals surface area contributed by atoms with E-state index in [2.05, 4.69) is 22.5 Å². The SMILES string of the molecule is CC1CCC(F)C2CC(C(=O)NC3CC(F)CC(N4CCN(C5CC5)C(=O)C4)C3)NC12. The maximum atomic E-state index is 14.6. The Morgan fingerprint density at radius 2 is 1.84 bits per heavy atom. The van der Waals surface area contributed by atoms with Crippen LogP contribution in [-0.4, -0.2) is 83.8 Å². The summed E-state index contributed by atoms with van der Waals surface area (Å²) in [5.41, 5.74) is 0. The van der Waals surface area contributed by atoms with Gasteiger partial charge in [0, 0.05) is 43.2 Å². The van der Waals surface area contributed by atoms with Crippen LogP contribution in [-0.2, 0) is 9.59 Å². The van der Waals surface area contributed by atoms with E-state index in [0.29, 0.717) is 50.6 Å². The fourth-order valence-corrected chi connectivity index (χ4v) is 6.53. The molecule has 2 amide bonds. The number of hydrogen-bond acceptors (Lipinski definition) is 4. The van der Waals surface area contributed by atoms with Gasteiger partial charge in [-0.2, -0.15) is 0 Å². The first-order chi connectivity index (χ1) is 14.9. The van der Waals surface area contributed by atoms with Crippen molar-refractivity contribution in [2.75, 3.05) is 19.6 Å². The predicted molar refractivity (Wildman–Crippen MR) is 113 cm³/mol. The third-order valence-corrected chi connectivity index (χ3v) is 8.42. The molecule has 6 nitrogen and oxygen atoms in total. The summed E-state index contributed by atoms with van der Waals surface area (Å²) in [7, 11) is 0. The first-order valence-electron chi connectivity index (χ1n) is 12.3. The van der Waals surface area contributed by atoms with Gasteiger partial charge < -0.3 is 15.5 Å². The van der Waals surface area contributed by atoms with E-state index in [9.17, 15) is 18.4 Å². The zero-order chi connectivity index (χ0) is 21.7. The Morgan fingerprint density at radius 1 is 1.03 bits per heavy atom. The molecule has 31 heavy (non-hydrogen) atoms. The van der Waals surface area contributed by atoms with Crippen molar-refractivity contribution in [1.29, 1.82) is 0 Å². The number of alkyl halides is 2. The van der Waals surface area contributed by atoms with Gasteiger partial charge in [-0.05, 0) is 57.3 Å². The molecule has 8 atom stereocenters. The van der Waals surface area contributed by atoms with E-state index in [1.165, 1.54) is 0 Å². The van der Waals surface area contributed by atoms with Crippen LogP contribution in [0.4, 0.5) is 8.78 Å². The van der Waals surface area contributed by atoms with Crippen molar-refractivity contribution in [3.05, 3.63) is 0 Å². The van der Waals surface area contributed by atoms with Gasteiger partial charge in [-0.1, -0.05) is 6.92 Å². The van der Waals surface area contributed by atoms with Crippen LogP contribution in [0, 0.1) is 11.8 Å². The number of carbonyl (C=O) groups is 2. The van der Waals surface area contributed by atoms with Gasteiger partial charge in [0.1, 0.15) is 12.3 Å². The van der Waals surface area contributed by atoms with E-state index in [-0.39, 0.29) is 35.9 Å². The molecule has 0 aromatic heterocycles. The molecule has 2 heterocycles. The quantitative estimate of drug-likeness (QED) is 0.703. The topological polar surface area (TPSA) is 64.7 Å². The lowest BCUT2D eigenvalue weighted by Crippen LogP contribution is -2.58. The minimum absolute atomic E-state index is 0.0197. The maximum absolute atomic E-state index is 14.6. The number of nitrogens with one attached hydrogen (secondary N) is 2. The van der Waals surface area contributed by atoms with E-state index in [4.69, 9.17) is 0 Å². The van der Waals surface area contributed by atoms with Gasteiger partial charge in [0.05, 0.1) is 12.6 Å². The largest absolute Gasteiger partial charge is 0.352 e. The third kappa shape index (κ3) is 4.47. The lowest BCUT2D eigenvalue weighted by molar-refractivity contribution is -0.138. The van der Waals surface area contributed by atoms with Crippen molar-refractivity contribution in [3.63, 3.8) is 0 Å². The highest BCUT2D eigenvalue weighted by atomic mass is 19.1. The number of amides is 2. The van der Waals surface area contributed by atoms with Crippen LogP contribution < -0.4 is 10.6 Å². The van der Waals surface area contributed by atoms with E-state index in [1.807, 2.05) is 4.90 Å². The second kappa shape index (κ2) is 8.58. The Kier molecular flexibility index (Phi) is 5.97. The van der Waals surface area contributed by atoms with Crippen LogP contribution in [0.3, 0.4) is 0 Å². The van der Waals surface area contributed by atoms with E-state index in [1.54, 1.807) is 0 Å². The van der Waals surface area contributed by atoms with Gasteiger partial charge in [0.2, 0.25) is 11.8 Å². The second-order valence-corrected chi connectivity index (χ2v) is 10.7. The van der Waals surface area contributed by atoms with Gasteiger partial charge in [-0.25, -0.2) is 8.78 Å². The number of fused-ring (bicyclic) bond motifs is 1. The Morgan fingerprint density at radius 3 is 2.55 bits per heavy atom. The number of nitrogens with zero attached hydrogens (tertiary/aromatic N) is 2. The summed E-state index contributed by atoms with van der Waals surface area (Å²) in [6, 6.07) is -0.164.